The SMILES string of the molecule is CC(=O)ON=C(N)NC=O. The second-order valence-corrected chi connectivity index (χ2v) is 1.32. The van der Waals surface area contributed by atoms with Crippen LogP contribution < -0.4 is 11.1 Å². The summed E-state index contributed by atoms with van der Waals surface area (Å²) in [5, 5.41) is 4.99. The maximum absolute atomic E-state index is 10.1. The van der Waals surface area contributed by atoms with Gasteiger partial charge in [0.25, 0.3) is 0 Å². The average Bonchev–Trinajstić information content (AvgIpc) is 1.85. The fourth-order valence-electron chi connectivity index (χ4n) is 0.200. The Morgan fingerprint density at radius 3 is 2.80 bits per heavy atom. The molecule has 0 aliphatic rings. The molecule has 0 aromatic carbocycles. The molecule has 0 atom stereocenters. The molecule has 0 unspecified atom stereocenters. The van der Waals surface area contributed by atoms with E-state index in [0.717, 1.165) is 6.92 Å². The average molecular weight is 145 g/mol. The molecule has 56 valence electrons. The highest BCUT2D eigenvalue weighted by Gasteiger charge is 1.90. The van der Waals surface area contributed by atoms with E-state index in [9.17, 15) is 9.59 Å². The normalized spacial score (nSPS) is 10.3. The first-order valence-electron chi connectivity index (χ1n) is 2.38. The van der Waals surface area contributed by atoms with Crippen molar-refractivity contribution in [1.82, 2.24) is 5.32 Å². The quantitative estimate of drug-likeness (QED) is 0.163. The van der Waals surface area contributed by atoms with Gasteiger partial charge in [-0.05, 0) is 5.16 Å². The highest BCUT2D eigenvalue weighted by Crippen LogP contribution is 1.74. The molecule has 6 nitrogen and oxygen atoms in total. The van der Waals surface area contributed by atoms with Crippen molar-refractivity contribution < 1.29 is 14.4 Å². The maximum atomic E-state index is 10.1. The Bertz CT molecular complexity index is 165. The van der Waals surface area contributed by atoms with Gasteiger partial charge in [0, 0.05) is 6.92 Å². The van der Waals surface area contributed by atoms with Gasteiger partial charge in [-0.15, -0.1) is 0 Å². The minimum Gasteiger partial charge on any atom is -0.367 e. The molecule has 10 heavy (non-hydrogen) atoms. The Kier molecular flexibility index (Phi) is 3.62. The number of nitrogens with one attached hydrogen (secondary N) is 1. The molecule has 0 radical (unpaired) electrons. The summed E-state index contributed by atoms with van der Waals surface area (Å²) >= 11 is 0. The van der Waals surface area contributed by atoms with Crippen molar-refractivity contribution in [2.45, 2.75) is 6.92 Å². The van der Waals surface area contributed by atoms with Crippen molar-refractivity contribution >= 4 is 18.3 Å². The summed E-state index contributed by atoms with van der Waals surface area (Å²) in [6, 6.07) is 0. The highest BCUT2D eigenvalue weighted by molar-refractivity contribution is 5.87. The molecule has 6 heteroatoms. The lowest BCUT2D eigenvalue weighted by Gasteiger charge is -1.93. The zero-order valence-electron chi connectivity index (χ0n) is 5.33. The Morgan fingerprint density at radius 1 is 1.80 bits per heavy atom. The highest BCUT2D eigenvalue weighted by atomic mass is 16.7. The minimum absolute atomic E-state index is 0.259. The van der Waals surface area contributed by atoms with Crippen molar-refractivity contribution in [3.63, 3.8) is 0 Å². The van der Waals surface area contributed by atoms with Gasteiger partial charge < -0.3 is 10.6 Å². The van der Waals surface area contributed by atoms with E-state index < -0.39 is 5.97 Å². The van der Waals surface area contributed by atoms with Gasteiger partial charge in [0.15, 0.2) is 0 Å². The molecule has 0 aliphatic heterocycles. The summed E-state index contributed by atoms with van der Waals surface area (Å²) < 4.78 is 0. The summed E-state index contributed by atoms with van der Waals surface area (Å²) in [6.07, 6.45) is 0.322. The first kappa shape index (κ1) is 8.41. The summed E-state index contributed by atoms with van der Waals surface area (Å²) in [5.74, 6) is -0.860. The number of hydrogen-bond acceptors (Lipinski definition) is 4. The van der Waals surface area contributed by atoms with Crippen LogP contribution in [0.3, 0.4) is 0 Å². The number of hydrogen-bond donors (Lipinski definition) is 2. The fourth-order valence-corrected chi connectivity index (χ4v) is 0.200. The van der Waals surface area contributed by atoms with E-state index in [1.54, 1.807) is 0 Å². The lowest BCUT2D eigenvalue weighted by atomic mass is 10.8. The van der Waals surface area contributed by atoms with Gasteiger partial charge in [-0.3, -0.25) is 10.1 Å². The van der Waals surface area contributed by atoms with Crippen molar-refractivity contribution in [2.75, 3.05) is 0 Å². The largest absolute Gasteiger partial charge is 0.367 e. The smallest absolute Gasteiger partial charge is 0.332 e. The molecule has 0 fully saturated rings. The Labute approximate surface area is 57.0 Å². The molecule has 0 rings (SSSR count). The van der Waals surface area contributed by atoms with Gasteiger partial charge in [0.1, 0.15) is 0 Å². The van der Waals surface area contributed by atoms with Crippen molar-refractivity contribution in [3.05, 3.63) is 0 Å². The van der Waals surface area contributed by atoms with Crippen molar-refractivity contribution in [2.24, 2.45) is 10.9 Å². The van der Waals surface area contributed by atoms with Crippen LogP contribution in [0, 0.1) is 0 Å². The van der Waals surface area contributed by atoms with E-state index in [4.69, 9.17) is 5.73 Å². The number of guanidine groups is 1. The van der Waals surface area contributed by atoms with Gasteiger partial charge >= 0.3 is 5.97 Å². The lowest BCUT2D eigenvalue weighted by Crippen LogP contribution is -2.30. The summed E-state index contributed by atoms with van der Waals surface area (Å²) in [4.78, 5) is 23.8. The monoisotopic (exact) mass is 145 g/mol. The lowest BCUT2D eigenvalue weighted by molar-refractivity contribution is -0.141. The van der Waals surface area contributed by atoms with Crippen LogP contribution in [-0.2, 0) is 14.4 Å². The number of rotatable bonds is 2. The van der Waals surface area contributed by atoms with Gasteiger partial charge in [-0.25, -0.2) is 4.79 Å². The third-order valence-corrected chi connectivity index (χ3v) is 0.479. The predicted octanol–water partition coefficient (Wildman–Crippen LogP) is -1.47. The molecule has 0 aliphatic carbocycles. The predicted molar refractivity (Wildman–Crippen MR) is 32.6 cm³/mol. The maximum Gasteiger partial charge on any atom is 0.332 e. The van der Waals surface area contributed by atoms with Crippen LogP contribution >= 0.6 is 0 Å². The van der Waals surface area contributed by atoms with Crippen molar-refractivity contribution in [3.8, 4) is 0 Å². The van der Waals surface area contributed by atoms with Gasteiger partial charge in [0.2, 0.25) is 12.4 Å². The number of amides is 1. The Morgan fingerprint density at radius 2 is 2.40 bits per heavy atom. The third kappa shape index (κ3) is 4.57. The van der Waals surface area contributed by atoms with Crippen molar-refractivity contribution in [1.29, 1.82) is 0 Å². The van der Waals surface area contributed by atoms with Crippen LogP contribution in [-0.4, -0.2) is 18.3 Å². The first-order chi connectivity index (χ1) is 4.66. The van der Waals surface area contributed by atoms with Gasteiger partial charge in [0.05, 0.1) is 0 Å². The van der Waals surface area contributed by atoms with Crippen LogP contribution in [0.4, 0.5) is 0 Å². The van der Waals surface area contributed by atoms with E-state index in [1.807, 2.05) is 5.32 Å². The molecule has 0 aromatic rings. The van der Waals surface area contributed by atoms with E-state index in [1.165, 1.54) is 0 Å². The van der Waals surface area contributed by atoms with E-state index >= 15 is 0 Å². The second kappa shape index (κ2) is 4.30. The molecular formula is C4H7N3O3. The van der Waals surface area contributed by atoms with Gasteiger partial charge in [-0.1, -0.05) is 0 Å². The van der Waals surface area contributed by atoms with Crippen LogP contribution in [0.1, 0.15) is 6.92 Å². The van der Waals surface area contributed by atoms with Gasteiger partial charge in [-0.2, -0.15) is 0 Å². The molecule has 0 spiro atoms. The molecule has 0 heterocycles. The van der Waals surface area contributed by atoms with Crippen LogP contribution in [0.5, 0.6) is 0 Å². The molecule has 1 amide bonds. The van der Waals surface area contributed by atoms with Crippen LogP contribution in [0.25, 0.3) is 0 Å². The fraction of sp³-hybridized carbons (Fsp3) is 0.250. The molecular weight excluding hydrogens is 138 g/mol. The molecule has 0 saturated heterocycles. The second-order valence-electron chi connectivity index (χ2n) is 1.32. The Balaban J connectivity index is 3.67. The summed E-state index contributed by atoms with van der Waals surface area (Å²) in [6.45, 7) is 1.16. The first-order valence-corrected chi connectivity index (χ1v) is 2.38. The number of carbonyl (C=O) groups excluding carboxylic acids is 2. The molecule has 0 aromatic heterocycles. The van der Waals surface area contributed by atoms with E-state index in [2.05, 4.69) is 9.99 Å². The zero-order chi connectivity index (χ0) is 7.98. The van der Waals surface area contributed by atoms with Crippen LogP contribution in [0.2, 0.25) is 0 Å². The number of oxime groups is 1. The van der Waals surface area contributed by atoms with E-state index in [0.29, 0.717) is 6.41 Å². The number of nitrogens with two attached hydrogens (primary N) is 1. The minimum atomic E-state index is -0.601. The molecule has 0 saturated carbocycles. The standard InChI is InChI=1S/C4H7N3O3/c1-3(9)10-7-4(5)6-2-8/h2H,1H3,(H3,5,6,7,8). The zero-order valence-corrected chi connectivity index (χ0v) is 5.33. The molecule has 0 bridgehead atoms. The number of nitrogens with zero attached hydrogens (tertiary/aromatic N) is 1. The third-order valence-electron chi connectivity index (χ3n) is 0.479. The molecule has 3 N–H and O–H groups in total. The summed E-state index contributed by atoms with van der Waals surface area (Å²) in [5.41, 5.74) is 4.96. The summed E-state index contributed by atoms with van der Waals surface area (Å²) in [7, 11) is 0. The number of carbonyl (C=O) groups is 2. The van der Waals surface area contributed by atoms with Crippen LogP contribution in [0.15, 0.2) is 5.16 Å². The topological polar surface area (TPSA) is 93.8 Å². The van der Waals surface area contributed by atoms with E-state index in [-0.39, 0.29) is 5.96 Å². The Hall–Kier alpha value is -1.59.